The van der Waals surface area contributed by atoms with Crippen LogP contribution in [-0.4, -0.2) is 20.3 Å². The van der Waals surface area contributed by atoms with Crippen LogP contribution in [0.2, 0.25) is 0 Å². The van der Waals surface area contributed by atoms with E-state index in [4.69, 9.17) is 0 Å². The van der Waals surface area contributed by atoms with Crippen LogP contribution >= 0.6 is 15.9 Å². The van der Waals surface area contributed by atoms with Gasteiger partial charge in [-0.25, -0.2) is 4.98 Å². The summed E-state index contributed by atoms with van der Waals surface area (Å²) in [5.74, 6) is -0.406. The Morgan fingerprint density at radius 3 is 2.79 bits per heavy atom. The number of hydrogen-bond donors (Lipinski definition) is 0. The molecule has 0 aliphatic heterocycles. The monoisotopic (exact) mass is 387 g/mol. The fourth-order valence-electron chi connectivity index (χ4n) is 2.28. The van der Waals surface area contributed by atoms with Crippen LogP contribution in [0.4, 0.5) is 5.69 Å². The normalized spacial score (nSPS) is 10.7. The number of halogens is 1. The van der Waals surface area contributed by atoms with E-state index in [1.54, 1.807) is 18.2 Å². The lowest BCUT2D eigenvalue weighted by atomic mass is 10.1. The van der Waals surface area contributed by atoms with Gasteiger partial charge in [-0.2, -0.15) is 0 Å². The molecular weight excluding hydrogens is 378 g/mol. The molecule has 120 valence electrons. The van der Waals surface area contributed by atoms with Crippen LogP contribution in [0.25, 0.3) is 10.9 Å². The largest absolute Gasteiger partial charge is 0.292 e. The maximum Gasteiger partial charge on any atom is 0.270 e. The first-order chi connectivity index (χ1) is 11.5. The molecule has 0 amide bonds. The molecule has 1 heterocycles. The van der Waals surface area contributed by atoms with E-state index in [2.05, 4.69) is 20.9 Å². The third-order valence-electron chi connectivity index (χ3n) is 3.48. The van der Waals surface area contributed by atoms with Crippen molar-refractivity contribution in [3.05, 3.63) is 79.3 Å². The van der Waals surface area contributed by atoms with Gasteiger partial charge in [0.2, 0.25) is 0 Å². The molecule has 0 saturated heterocycles. The Labute approximate surface area is 143 Å². The van der Waals surface area contributed by atoms with E-state index in [0.717, 1.165) is 4.47 Å². The predicted octanol–water partition coefficient (Wildman–Crippen LogP) is 2.95. The fraction of sp³-hybridized carbons (Fsp3) is 0.0625. The number of fused-ring (bicyclic) bond motifs is 1. The summed E-state index contributed by atoms with van der Waals surface area (Å²) in [4.78, 5) is 39.2. The number of benzene rings is 2. The van der Waals surface area contributed by atoms with Crippen molar-refractivity contribution in [1.29, 1.82) is 0 Å². The van der Waals surface area contributed by atoms with E-state index in [9.17, 15) is 19.7 Å². The molecule has 0 unspecified atom stereocenters. The van der Waals surface area contributed by atoms with Crippen LogP contribution in [0.5, 0.6) is 0 Å². The molecule has 0 fully saturated rings. The summed E-state index contributed by atoms with van der Waals surface area (Å²) in [7, 11) is 0. The summed E-state index contributed by atoms with van der Waals surface area (Å²) >= 11 is 3.29. The number of ketones is 1. The molecule has 7 nitrogen and oxygen atoms in total. The maximum absolute atomic E-state index is 12.5. The van der Waals surface area contributed by atoms with Crippen LogP contribution in [0.1, 0.15) is 10.4 Å². The van der Waals surface area contributed by atoms with Gasteiger partial charge in [-0.3, -0.25) is 24.3 Å². The Kier molecular flexibility index (Phi) is 4.22. The van der Waals surface area contributed by atoms with Crippen LogP contribution in [-0.2, 0) is 6.54 Å². The molecule has 1 aromatic heterocycles. The van der Waals surface area contributed by atoms with Gasteiger partial charge in [0.25, 0.3) is 11.2 Å². The second-order valence-electron chi connectivity index (χ2n) is 5.07. The first-order valence-electron chi connectivity index (χ1n) is 6.88. The zero-order chi connectivity index (χ0) is 17.3. The first-order valence-corrected chi connectivity index (χ1v) is 7.67. The Bertz CT molecular complexity index is 1030. The molecule has 0 aliphatic rings. The van der Waals surface area contributed by atoms with Crippen molar-refractivity contribution in [3.8, 4) is 0 Å². The van der Waals surface area contributed by atoms with Gasteiger partial charge in [0.1, 0.15) is 0 Å². The molecule has 2 aromatic carbocycles. The Morgan fingerprint density at radius 2 is 2.04 bits per heavy atom. The summed E-state index contributed by atoms with van der Waals surface area (Å²) < 4.78 is 1.92. The molecular formula is C16H10BrN3O4. The summed E-state index contributed by atoms with van der Waals surface area (Å²) in [6, 6.07) is 10.5. The van der Waals surface area contributed by atoms with Crippen LogP contribution in [0.15, 0.2) is 58.1 Å². The van der Waals surface area contributed by atoms with Crippen molar-refractivity contribution in [2.24, 2.45) is 0 Å². The molecule has 3 rings (SSSR count). The molecule has 3 aromatic rings. The van der Waals surface area contributed by atoms with Gasteiger partial charge in [0, 0.05) is 22.2 Å². The van der Waals surface area contributed by atoms with E-state index >= 15 is 0 Å². The number of nitrogens with zero attached hydrogens (tertiary/aromatic N) is 3. The number of aromatic nitrogens is 2. The van der Waals surface area contributed by atoms with Gasteiger partial charge >= 0.3 is 0 Å². The van der Waals surface area contributed by atoms with Gasteiger partial charge in [0.15, 0.2) is 5.78 Å². The molecule has 0 bridgehead atoms. The highest BCUT2D eigenvalue weighted by molar-refractivity contribution is 9.10. The van der Waals surface area contributed by atoms with Crippen LogP contribution < -0.4 is 5.56 Å². The van der Waals surface area contributed by atoms with Crippen LogP contribution in [0.3, 0.4) is 0 Å². The molecule has 24 heavy (non-hydrogen) atoms. The number of rotatable bonds is 4. The Hall–Kier alpha value is -2.87. The SMILES string of the molecule is O=C(Cn1cnc2ccc(Br)cc2c1=O)c1cccc([N+](=O)[O-])c1. The standard InChI is InChI=1S/C16H10BrN3O4/c17-11-4-5-14-13(7-11)16(22)19(9-18-14)8-15(21)10-2-1-3-12(6-10)20(23)24/h1-7,9H,8H2. The van der Waals surface area contributed by atoms with E-state index in [0.29, 0.717) is 10.9 Å². The zero-order valence-electron chi connectivity index (χ0n) is 12.2. The number of hydrogen-bond acceptors (Lipinski definition) is 5. The third-order valence-corrected chi connectivity index (χ3v) is 3.97. The molecule has 0 spiro atoms. The van der Waals surface area contributed by atoms with Gasteiger partial charge in [-0.1, -0.05) is 28.1 Å². The predicted molar refractivity (Wildman–Crippen MR) is 91.1 cm³/mol. The lowest BCUT2D eigenvalue weighted by molar-refractivity contribution is -0.384. The number of Topliss-reactive ketones (excluding diaryl/α,β-unsaturated/α-hetero) is 1. The minimum Gasteiger partial charge on any atom is -0.292 e. The summed E-state index contributed by atoms with van der Waals surface area (Å²) in [5, 5.41) is 11.2. The molecule has 0 atom stereocenters. The molecule has 0 radical (unpaired) electrons. The Morgan fingerprint density at radius 1 is 1.25 bits per heavy atom. The van der Waals surface area contributed by atoms with Crippen molar-refractivity contribution in [1.82, 2.24) is 9.55 Å². The average molecular weight is 388 g/mol. The van der Waals surface area contributed by atoms with E-state index < -0.39 is 10.7 Å². The zero-order valence-corrected chi connectivity index (χ0v) is 13.8. The summed E-state index contributed by atoms with van der Waals surface area (Å²) in [6.07, 6.45) is 1.30. The minimum absolute atomic E-state index is 0.172. The smallest absolute Gasteiger partial charge is 0.270 e. The lowest BCUT2D eigenvalue weighted by Crippen LogP contribution is -2.24. The van der Waals surface area contributed by atoms with Crippen LogP contribution in [0, 0.1) is 10.1 Å². The first kappa shape index (κ1) is 16.0. The average Bonchev–Trinajstić information content (AvgIpc) is 2.58. The number of non-ortho nitro benzene ring substituents is 1. The van der Waals surface area contributed by atoms with Crippen molar-refractivity contribution in [2.45, 2.75) is 6.54 Å². The van der Waals surface area contributed by atoms with Crippen molar-refractivity contribution >= 4 is 38.3 Å². The van der Waals surface area contributed by atoms with E-state index in [-0.39, 0.29) is 23.4 Å². The summed E-state index contributed by atoms with van der Waals surface area (Å²) in [6.45, 7) is -0.241. The van der Waals surface area contributed by atoms with Crippen molar-refractivity contribution < 1.29 is 9.72 Å². The van der Waals surface area contributed by atoms with E-state index in [1.807, 2.05) is 0 Å². The topological polar surface area (TPSA) is 95.1 Å². The fourth-order valence-corrected chi connectivity index (χ4v) is 2.64. The number of nitro benzene ring substituents is 1. The van der Waals surface area contributed by atoms with Gasteiger partial charge in [-0.15, -0.1) is 0 Å². The molecule has 0 N–H and O–H groups in total. The minimum atomic E-state index is -0.571. The quantitative estimate of drug-likeness (QED) is 0.389. The number of carbonyl (C=O) groups is 1. The van der Waals surface area contributed by atoms with E-state index in [1.165, 1.54) is 35.2 Å². The van der Waals surface area contributed by atoms with Gasteiger partial charge < -0.3 is 0 Å². The highest BCUT2D eigenvalue weighted by Gasteiger charge is 2.13. The van der Waals surface area contributed by atoms with Gasteiger partial charge in [-0.05, 0) is 18.2 Å². The lowest BCUT2D eigenvalue weighted by Gasteiger charge is -2.06. The highest BCUT2D eigenvalue weighted by Crippen LogP contribution is 2.16. The number of nitro groups is 1. The maximum atomic E-state index is 12.5. The second-order valence-corrected chi connectivity index (χ2v) is 5.99. The van der Waals surface area contributed by atoms with Crippen molar-refractivity contribution in [3.63, 3.8) is 0 Å². The third kappa shape index (κ3) is 3.09. The van der Waals surface area contributed by atoms with Gasteiger partial charge in [0.05, 0.1) is 28.7 Å². The molecule has 8 heteroatoms. The highest BCUT2D eigenvalue weighted by atomic mass is 79.9. The summed E-state index contributed by atoms with van der Waals surface area (Å²) in [5.41, 5.74) is 0.182. The second kappa shape index (κ2) is 6.32. The van der Waals surface area contributed by atoms with Crippen molar-refractivity contribution in [2.75, 3.05) is 0 Å². The number of carbonyl (C=O) groups excluding carboxylic acids is 1. The Balaban J connectivity index is 1.96. The molecule has 0 saturated carbocycles. The molecule has 0 aliphatic carbocycles.